The smallest absolute Gasteiger partial charge is 0.301 e. The molecule has 76 valence electrons. The van der Waals surface area contributed by atoms with E-state index in [1.54, 1.807) is 12.1 Å². The summed E-state index contributed by atoms with van der Waals surface area (Å²) in [6.07, 6.45) is 0. The van der Waals surface area contributed by atoms with Gasteiger partial charge in [-0.2, -0.15) is 0 Å². The first-order valence-electron chi connectivity index (χ1n) is 4.39. The zero-order chi connectivity index (χ0) is 10.8. The number of hydrogen-bond donors (Lipinski definition) is 2. The van der Waals surface area contributed by atoms with Crippen LogP contribution in [0.25, 0.3) is 0 Å². The largest absolute Gasteiger partial charge is 0.326 e. The molecular formula is C10H8N2O2S. The van der Waals surface area contributed by atoms with Gasteiger partial charge in [-0.25, -0.2) is 4.79 Å². The van der Waals surface area contributed by atoms with Crippen molar-refractivity contribution in [3.8, 4) is 0 Å². The first kappa shape index (κ1) is 9.79. The van der Waals surface area contributed by atoms with Crippen LogP contribution in [-0.2, 0) is 4.79 Å². The van der Waals surface area contributed by atoms with Gasteiger partial charge < -0.3 is 5.32 Å². The Balaban J connectivity index is 2.33. The summed E-state index contributed by atoms with van der Waals surface area (Å²) < 4.78 is 0. The molecule has 4 nitrogen and oxygen atoms in total. The van der Waals surface area contributed by atoms with Crippen molar-refractivity contribution in [3.63, 3.8) is 0 Å². The number of amides is 3. The molecular weight excluding hydrogens is 212 g/mol. The van der Waals surface area contributed by atoms with Crippen molar-refractivity contribution in [1.82, 2.24) is 10.6 Å². The van der Waals surface area contributed by atoms with Crippen molar-refractivity contribution < 1.29 is 9.59 Å². The van der Waals surface area contributed by atoms with E-state index >= 15 is 0 Å². The summed E-state index contributed by atoms with van der Waals surface area (Å²) in [5.41, 5.74) is 0.778. The molecule has 2 rings (SSSR count). The Labute approximate surface area is 91.7 Å². The van der Waals surface area contributed by atoms with Crippen LogP contribution in [0.4, 0.5) is 4.79 Å². The molecule has 0 saturated carbocycles. The van der Waals surface area contributed by atoms with Gasteiger partial charge in [-0.15, -0.1) is 0 Å². The van der Waals surface area contributed by atoms with Crippen LogP contribution in [0.1, 0.15) is 11.5 Å². The molecule has 1 aliphatic rings. The Kier molecular flexibility index (Phi) is 2.47. The Morgan fingerprint density at radius 3 is 2.33 bits per heavy atom. The maximum absolute atomic E-state index is 11.6. The second kappa shape index (κ2) is 3.78. The van der Waals surface area contributed by atoms with Gasteiger partial charge in [0.05, 0.1) is 0 Å². The van der Waals surface area contributed by atoms with E-state index in [0.29, 0.717) is 0 Å². The first-order chi connectivity index (χ1) is 7.18. The van der Waals surface area contributed by atoms with E-state index in [-0.39, 0.29) is 10.9 Å². The highest BCUT2D eigenvalue weighted by atomic mass is 32.1. The Morgan fingerprint density at radius 2 is 1.73 bits per heavy atom. The second-order valence-electron chi connectivity index (χ2n) is 3.15. The highest BCUT2D eigenvalue weighted by Crippen LogP contribution is 2.18. The number of urea groups is 1. The fourth-order valence-electron chi connectivity index (χ4n) is 1.47. The number of imide groups is 1. The summed E-state index contributed by atoms with van der Waals surface area (Å²) in [7, 11) is 0. The van der Waals surface area contributed by atoms with Gasteiger partial charge in [0.15, 0.2) is 0 Å². The lowest BCUT2D eigenvalue weighted by molar-refractivity contribution is -0.120. The van der Waals surface area contributed by atoms with E-state index in [9.17, 15) is 9.59 Å². The van der Waals surface area contributed by atoms with Gasteiger partial charge in [0.2, 0.25) is 5.91 Å². The number of hydrogen-bond acceptors (Lipinski definition) is 3. The Bertz CT molecular complexity index is 410. The van der Waals surface area contributed by atoms with Crippen LogP contribution in [0, 0.1) is 0 Å². The van der Waals surface area contributed by atoms with E-state index in [2.05, 4.69) is 10.6 Å². The third kappa shape index (κ3) is 1.87. The number of benzene rings is 1. The van der Waals surface area contributed by atoms with Crippen molar-refractivity contribution in [2.75, 3.05) is 0 Å². The summed E-state index contributed by atoms with van der Waals surface area (Å²) in [5.74, 6) is -0.950. The lowest BCUT2D eigenvalue weighted by Gasteiger charge is -2.23. The molecule has 0 radical (unpaired) electrons. The van der Waals surface area contributed by atoms with E-state index in [1.165, 1.54) is 0 Å². The van der Waals surface area contributed by atoms with Gasteiger partial charge in [0.25, 0.3) is 0 Å². The van der Waals surface area contributed by atoms with Crippen LogP contribution in [-0.4, -0.2) is 16.9 Å². The molecule has 1 unspecified atom stereocenters. The van der Waals surface area contributed by atoms with Crippen LogP contribution in [0.5, 0.6) is 0 Å². The van der Waals surface area contributed by atoms with E-state index < -0.39 is 11.9 Å². The Morgan fingerprint density at radius 1 is 1.07 bits per heavy atom. The molecule has 15 heavy (non-hydrogen) atoms. The van der Waals surface area contributed by atoms with Gasteiger partial charge in [-0.1, -0.05) is 42.5 Å². The van der Waals surface area contributed by atoms with Crippen LogP contribution in [0.3, 0.4) is 0 Å². The topological polar surface area (TPSA) is 58.2 Å². The molecule has 1 aromatic carbocycles. The quantitative estimate of drug-likeness (QED) is 0.692. The van der Waals surface area contributed by atoms with Crippen molar-refractivity contribution in [2.24, 2.45) is 0 Å². The van der Waals surface area contributed by atoms with Crippen molar-refractivity contribution >= 4 is 29.1 Å². The average Bonchev–Trinajstić information content (AvgIpc) is 2.17. The lowest BCUT2D eigenvalue weighted by Crippen LogP contribution is -2.53. The zero-order valence-corrected chi connectivity index (χ0v) is 8.51. The van der Waals surface area contributed by atoms with E-state index in [0.717, 1.165) is 5.56 Å². The Hall–Kier alpha value is -1.75. The van der Waals surface area contributed by atoms with Crippen molar-refractivity contribution in [3.05, 3.63) is 35.9 Å². The minimum absolute atomic E-state index is 0.245. The summed E-state index contributed by atoms with van der Waals surface area (Å²) in [5, 5.41) is 4.60. The van der Waals surface area contributed by atoms with Crippen LogP contribution >= 0.6 is 12.2 Å². The molecule has 0 bridgehead atoms. The molecule has 0 spiro atoms. The molecule has 1 aromatic rings. The average molecular weight is 220 g/mol. The molecule has 0 aliphatic carbocycles. The van der Waals surface area contributed by atoms with Gasteiger partial charge in [0.1, 0.15) is 10.9 Å². The predicted molar refractivity (Wildman–Crippen MR) is 58.5 cm³/mol. The third-order valence-corrected chi connectivity index (χ3v) is 2.47. The minimum atomic E-state index is -0.570. The van der Waals surface area contributed by atoms with Gasteiger partial charge in [0, 0.05) is 0 Å². The number of carbonyl (C=O) groups excluding carboxylic acids is 2. The molecule has 5 heteroatoms. The summed E-state index contributed by atoms with van der Waals surface area (Å²) in [6, 6.07) is 8.54. The van der Waals surface area contributed by atoms with Crippen molar-refractivity contribution in [1.29, 1.82) is 0 Å². The first-order valence-corrected chi connectivity index (χ1v) is 4.80. The summed E-state index contributed by atoms with van der Waals surface area (Å²) in [4.78, 5) is 22.7. The molecule has 1 aliphatic heterocycles. The fraction of sp³-hybridized carbons (Fsp3) is 0.100. The van der Waals surface area contributed by atoms with Crippen molar-refractivity contribution in [2.45, 2.75) is 5.92 Å². The molecule has 1 saturated heterocycles. The SMILES string of the molecule is O=C1NC(=O)C(c2ccccc2)C(=S)N1. The van der Waals surface area contributed by atoms with Crippen LogP contribution in [0.2, 0.25) is 0 Å². The number of rotatable bonds is 1. The summed E-state index contributed by atoms with van der Waals surface area (Å²) >= 11 is 4.97. The molecule has 1 heterocycles. The minimum Gasteiger partial charge on any atom is -0.301 e. The third-order valence-electron chi connectivity index (χ3n) is 2.13. The highest BCUT2D eigenvalue weighted by molar-refractivity contribution is 7.80. The molecule has 1 atom stereocenters. The molecule has 1 fully saturated rings. The standard InChI is InChI=1S/C10H8N2O2S/c13-8-7(6-4-2-1-3-5-6)9(15)12-10(14)11-8/h1-5,7H,(H2,11,12,13,14,15). The number of nitrogens with one attached hydrogen (secondary N) is 2. The maximum Gasteiger partial charge on any atom is 0.326 e. The normalized spacial score (nSPS) is 20.8. The number of thiocarbonyl (C=S) groups is 1. The van der Waals surface area contributed by atoms with E-state index in [4.69, 9.17) is 12.2 Å². The monoisotopic (exact) mass is 220 g/mol. The van der Waals surface area contributed by atoms with E-state index in [1.807, 2.05) is 18.2 Å². The highest BCUT2D eigenvalue weighted by Gasteiger charge is 2.31. The zero-order valence-electron chi connectivity index (χ0n) is 7.69. The molecule has 2 N–H and O–H groups in total. The lowest BCUT2D eigenvalue weighted by atomic mass is 9.97. The predicted octanol–water partition coefficient (Wildman–Crippen LogP) is 0.937. The van der Waals surface area contributed by atoms with Gasteiger partial charge in [-0.3, -0.25) is 10.1 Å². The van der Waals surface area contributed by atoms with Gasteiger partial charge >= 0.3 is 6.03 Å². The molecule has 0 aromatic heterocycles. The number of carbonyl (C=O) groups is 2. The van der Waals surface area contributed by atoms with Crippen LogP contribution < -0.4 is 10.6 Å². The maximum atomic E-state index is 11.6. The summed E-state index contributed by atoms with van der Waals surface area (Å²) in [6.45, 7) is 0. The second-order valence-corrected chi connectivity index (χ2v) is 3.59. The van der Waals surface area contributed by atoms with Crippen LogP contribution in [0.15, 0.2) is 30.3 Å². The fourth-order valence-corrected chi connectivity index (χ4v) is 1.80. The van der Waals surface area contributed by atoms with Gasteiger partial charge in [-0.05, 0) is 5.56 Å². The molecule has 3 amide bonds.